The summed E-state index contributed by atoms with van der Waals surface area (Å²) in [6, 6.07) is 3.12. The third-order valence-electron chi connectivity index (χ3n) is 2.51. The van der Waals surface area contributed by atoms with Gasteiger partial charge in [-0.25, -0.2) is 13.1 Å². The van der Waals surface area contributed by atoms with Crippen molar-refractivity contribution in [3.8, 4) is 0 Å². The molecule has 1 aromatic heterocycles. The van der Waals surface area contributed by atoms with E-state index in [4.69, 9.17) is 9.15 Å². The molecule has 0 radical (unpaired) electrons. The Balaban J connectivity index is 2.41. The van der Waals surface area contributed by atoms with Crippen molar-refractivity contribution in [3.05, 3.63) is 30.0 Å². The first-order valence-electron chi connectivity index (χ1n) is 6.97. The minimum atomic E-state index is -3.62. The number of rotatable bonds is 11. The minimum Gasteiger partial charge on any atom is -0.447 e. The molecule has 0 amide bonds. The lowest BCUT2D eigenvalue weighted by Gasteiger charge is -2.05. The van der Waals surface area contributed by atoms with Crippen molar-refractivity contribution >= 4 is 10.0 Å². The largest absolute Gasteiger partial charge is 0.447 e. The quantitative estimate of drug-likeness (QED) is 0.479. The molecule has 0 unspecified atom stereocenters. The van der Waals surface area contributed by atoms with Crippen LogP contribution >= 0.6 is 0 Å². The zero-order chi connectivity index (χ0) is 15.7. The van der Waals surface area contributed by atoms with Gasteiger partial charge in [0.15, 0.2) is 0 Å². The molecule has 0 bridgehead atoms. The van der Waals surface area contributed by atoms with Gasteiger partial charge in [0.2, 0.25) is 5.09 Å². The summed E-state index contributed by atoms with van der Waals surface area (Å²) in [5.74, 6) is 0.599. The highest BCUT2D eigenvalue weighted by molar-refractivity contribution is 7.89. The van der Waals surface area contributed by atoms with Crippen molar-refractivity contribution in [2.24, 2.45) is 0 Å². The maximum atomic E-state index is 12.0. The molecule has 1 aromatic rings. The summed E-state index contributed by atoms with van der Waals surface area (Å²) >= 11 is 0. The first-order valence-corrected chi connectivity index (χ1v) is 8.45. The molecule has 0 aromatic carbocycles. The third-order valence-corrected chi connectivity index (χ3v) is 3.85. The molecule has 0 atom stereocenters. The highest BCUT2D eigenvalue weighted by atomic mass is 32.2. The van der Waals surface area contributed by atoms with E-state index in [9.17, 15) is 8.42 Å². The zero-order valence-electron chi connectivity index (χ0n) is 12.6. The molecule has 0 aliphatic rings. The van der Waals surface area contributed by atoms with Crippen LogP contribution in [0.2, 0.25) is 0 Å². The molecule has 6 nitrogen and oxygen atoms in total. The molecule has 7 heteroatoms. The maximum absolute atomic E-state index is 12.0. The van der Waals surface area contributed by atoms with E-state index >= 15 is 0 Å². The van der Waals surface area contributed by atoms with Gasteiger partial charge in [-0.1, -0.05) is 19.1 Å². The van der Waals surface area contributed by atoms with E-state index in [1.165, 1.54) is 6.07 Å². The van der Waals surface area contributed by atoms with Crippen LogP contribution < -0.4 is 10.0 Å². The van der Waals surface area contributed by atoms with Gasteiger partial charge < -0.3 is 14.5 Å². The molecular weight excluding hydrogens is 292 g/mol. The first-order chi connectivity index (χ1) is 9.95. The highest BCUT2D eigenvalue weighted by Gasteiger charge is 2.17. The molecule has 0 fully saturated rings. The number of sulfonamides is 1. The average Bonchev–Trinajstić information content (AvgIpc) is 2.88. The van der Waals surface area contributed by atoms with Gasteiger partial charge in [0, 0.05) is 6.54 Å². The van der Waals surface area contributed by atoms with Crippen LogP contribution in [0.25, 0.3) is 0 Å². The predicted octanol–water partition coefficient (Wildman–Crippen LogP) is 1.65. The number of ether oxygens (including phenoxy) is 1. The average molecular weight is 316 g/mol. The Bertz CT molecular complexity index is 537. The number of hydrogen-bond acceptors (Lipinski definition) is 5. The molecule has 0 aliphatic carbocycles. The molecule has 1 heterocycles. The number of hydrogen-bond donors (Lipinski definition) is 2. The van der Waals surface area contributed by atoms with E-state index in [0.29, 0.717) is 18.9 Å². The topological polar surface area (TPSA) is 80.6 Å². The second-order valence-corrected chi connectivity index (χ2v) is 6.50. The molecular formula is C14H24N2O4S. The van der Waals surface area contributed by atoms with Gasteiger partial charge in [0.05, 0.1) is 19.8 Å². The Morgan fingerprint density at radius 1 is 1.38 bits per heavy atom. The van der Waals surface area contributed by atoms with Gasteiger partial charge >= 0.3 is 0 Å². The minimum absolute atomic E-state index is 0.0734. The fraction of sp³-hybridized carbons (Fsp3) is 0.571. The fourth-order valence-corrected chi connectivity index (χ4v) is 2.51. The lowest BCUT2D eigenvalue weighted by atomic mass is 10.4. The molecule has 21 heavy (non-hydrogen) atoms. The molecule has 120 valence electrons. The van der Waals surface area contributed by atoms with Crippen molar-refractivity contribution in [1.82, 2.24) is 10.0 Å². The van der Waals surface area contributed by atoms with Crippen LogP contribution in [0.15, 0.2) is 33.8 Å². The molecule has 0 saturated heterocycles. The lowest BCUT2D eigenvalue weighted by Crippen LogP contribution is -2.27. The van der Waals surface area contributed by atoms with Gasteiger partial charge in [0.1, 0.15) is 5.76 Å². The second kappa shape index (κ2) is 8.99. The number of nitrogens with one attached hydrogen (secondary N) is 2. The molecule has 0 saturated carbocycles. The summed E-state index contributed by atoms with van der Waals surface area (Å²) in [6.45, 7) is 9.90. The van der Waals surface area contributed by atoms with Gasteiger partial charge in [-0.2, -0.15) is 0 Å². The standard InChI is InChI=1S/C14H24N2O4S/c1-4-7-15-10-13-5-6-14(20-13)21(17,18)16-8-9-19-11-12(2)3/h5-6,15-16H,2,4,7-11H2,1,3H3. The Morgan fingerprint density at radius 2 is 2.14 bits per heavy atom. The number of furan rings is 1. The Hall–Kier alpha value is -1.15. The van der Waals surface area contributed by atoms with Crippen molar-refractivity contribution in [2.75, 3.05) is 26.3 Å². The van der Waals surface area contributed by atoms with Gasteiger partial charge in [-0.3, -0.25) is 0 Å². The summed E-state index contributed by atoms with van der Waals surface area (Å²) < 4.78 is 36.9. The molecule has 0 aliphatic heterocycles. The Labute approximate surface area is 126 Å². The van der Waals surface area contributed by atoms with E-state index in [1.807, 2.05) is 6.92 Å². The zero-order valence-corrected chi connectivity index (χ0v) is 13.5. The summed E-state index contributed by atoms with van der Waals surface area (Å²) in [4.78, 5) is 0. The van der Waals surface area contributed by atoms with Crippen molar-refractivity contribution < 1.29 is 17.6 Å². The van der Waals surface area contributed by atoms with E-state index in [0.717, 1.165) is 18.5 Å². The van der Waals surface area contributed by atoms with Crippen LogP contribution in [0.5, 0.6) is 0 Å². The van der Waals surface area contributed by atoms with Crippen LogP contribution in [-0.4, -0.2) is 34.7 Å². The van der Waals surface area contributed by atoms with Crippen LogP contribution in [0.1, 0.15) is 26.0 Å². The van der Waals surface area contributed by atoms with Gasteiger partial charge in [0.25, 0.3) is 10.0 Å². The SMILES string of the molecule is C=C(C)COCCNS(=O)(=O)c1ccc(CNCCC)o1. The third kappa shape index (κ3) is 6.90. The summed E-state index contributed by atoms with van der Waals surface area (Å²) in [5, 5.41) is 3.08. The molecule has 2 N–H and O–H groups in total. The fourth-order valence-electron chi connectivity index (χ4n) is 1.55. The summed E-state index contributed by atoms with van der Waals surface area (Å²) in [5.41, 5.74) is 0.896. The van der Waals surface area contributed by atoms with Gasteiger partial charge in [-0.05, 0) is 32.0 Å². The van der Waals surface area contributed by atoms with E-state index in [1.54, 1.807) is 6.07 Å². The van der Waals surface area contributed by atoms with Crippen LogP contribution in [0, 0.1) is 0 Å². The van der Waals surface area contributed by atoms with Crippen molar-refractivity contribution in [3.63, 3.8) is 0 Å². The molecule has 1 rings (SSSR count). The normalized spacial score (nSPS) is 11.7. The summed E-state index contributed by atoms with van der Waals surface area (Å²) in [6.07, 6.45) is 1.01. The monoisotopic (exact) mass is 316 g/mol. The van der Waals surface area contributed by atoms with Crippen molar-refractivity contribution in [2.45, 2.75) is 31.9 Å². The maximum Gasteiger partial charge on any atom is 0.274 e. The molecule has 0 spiro atoms. The Kier molecular flexibility index (Phi) is 7.66. The predicted molar refractivity (Wildman–Crippen MR) is 81.5 cm³/mol. The van der Waals surface area contributed by atoms with Crippen LogP contribution in [0.3, 0.4) is 0 Å². The van der Waals surface area contributed by atoms with E-state index in [2.05, 4.69) is 23.5 Å². The van der Waals surface area contributed by atoms with Crippen LogP contribution in [-0.2, 0) is 21.3 Å². The second-order valence-electron chi connectivity index (χ2n) is 4.80. The van der Waals surface area contributed by atoms with Gasteiger partial charge in [-0.15, -0.1) is 0 Å². The van der Waals surface area contributed by atoms with E-state index in [-0.39, 0.29) is 18.2 Å². The Morgan fingerprint density at radius 3 is 2.81 bits per heavy atom. The lowest BCUT2D eigenvalue weighted by molar-refractivity contribution is 0.162. The smallest absolute Gasteiger partial charge is 0.274 e. The first kappa shape index (κ1) is 17.9. The van der Waals surface area contributed by atoms with E-state index < -0.39 is 10.0 Å². The van der Waals surface area contributed by atoms with Crippen LogP contribution in [0.4, 0.5) is 0 Å². The van der Waals surface area contributed by atoms with Crippen molar-refractivity contribution in [1.29, 1.82) is 0 Å². The highest BCUT2D eigenvalue weighted by Crippen LogP contribution is 2.13. The summed E-state index contributed by atoms with van der Waals surface area (Å²) in [7, 11) is -3.62.